The first-order chi connectivity index (χ1) is 46.7. The summed E-state index contributed by atoms with van der Waals surface area (Å²) in [5.74, 6) is 1.89. The lowest BCUT2D eigenvalue weighted by atomic mass is 9.84. The van der Waals surface area contributed by atoms with Crippen LogP contribution in [0.3, 0.4) is 0 Å². The third-order valence-electron chi connectivity index (χ3n) is 22.5. The molecule has 0 aliphatic heterocycles. The molecular formula is C90H76N4. The summed E-state index contributed by atoms with van der Waals surface area (Å²) in [6.45, 7) is 0. The molecule has 94 heavy (non-hydrogen) atoms. The van der Waals surface area contributed by atoms with E-state index in [1.54, 1.807) is 0 Å². The lowest BCUT2D eigenvalue weighted by Crippen LogP contribution is -2.12. The Morgan fingerprint density at radius 1 is 0.234 bits per heavy atom. The van der Waals surface area contributed by atoms with Gasteiger partial charge in [-0.05, 0) is 168 Å². The number of para-hydroxylation sites is 2. The third-order valence-corrected chi connectivity index (χ3v) is 22.5. The normalized spacial score (nSPS) is 15.5. The molecule has 3 saturated carbocycles. The number of anilines is 6. The van der Waals surface area contributed by atoms with E-state index in [0.29, 0.717) is 17.8 Å². The second-order valence-corrected chi connectivity index (χ2v) is 27.7. The SMILES string of the molecule is c1ccc(-c2ccc(N(c3ccc(C4CCCCC4)cc3)c3cccc4c3c3cccc5c6c(-c7ccccc7)c7c(c(-c8ccccc8)c6n4c35)c3cccc4c5c(N(c6ccc(C8CCCCC8)cc6)c6ccc(C8CCCCC8)cc6)cccc5n7c43)cc2)cc1. The smallest absolute Gasteiger partial charge is 0.0634 e. The van der Waals surface area contributed by atoms with E-state index in [0.717, 1.165) is 11.4 Å². The average Bonchev–Trinajstić information content (AvgIpc) is 1.50. The van der Waals surface area contributed by atoms with Gasteiger partial charge in [-0.15, -0.1) is 0 Å². The summed E-state index contributed by atoms with van der Waals surface area (Å²) in [5, 5.41) is 10.1. The molecule has 456 valence electrons. The fourth-order valence-electron chi connectivity index (χ4n) is 18.2. The molecule has 0 radical (unpaired) electrons. The number of hydrogen-bond donors (Lipinski definition) is 0. The minimum atomic E-state index is 0.621. The standard InChI is InChI=1S/C90H76N4/c1-7-23-59(24-8-1)63-43-51-69(52-44-63)91(70-53-45-64(46-54-70)60-25-9-2-10-26-60)77-39-21-41-79-83(77)73-35-19-37-75-85-82(68-33-17-6-18-34-68)90-86(81(67-31-15-5-16-32-67)89(85)93(79)87(73)75)76-38-20-36-74-84-78(40-22-42-80(84)94(90)88(74)76)92(71-55-47-65(48-56-71)61-27-11-3-12-28-61)72-57-49-66(50-58-72)62-29-13-4-14-30-62/h1,5-8,15-24,31-58,60-62H,2-4,9-14,25-30H2. The third kappa shape index (κ3) is 8.85. The largest absolute Gasteiger partial charge is 0.310 e. The molecule has 12 aromatic carbocycles. The van der Waals surface area contributed by atoms with Crippen LogP contribution in [0, 0.1) is 0 Å². The first-order valence-corrected chi connectivity index (χ1v) is 35.2. The Morgan fingerprint density at radius 3 is 0.883 bits per heavy atom. The Hall–Kier alpha value is -10.2. The molecule has 3 aliphatic rings. The Morgan fingerprint density at radius 2 is 0.532 bits per heavy atom. The van der Waals surface area contributed by atoms with Gasteiger partial charge in [-0.25, -0.2) is 0 Å². The van der Waals surface area contributed by atoms with Crippen LogP contribution in [0.25, 0.3) is 110 Å². The number of nitrogens with zero attached hydrogens (tertiary/aromatic N) is 4. The molecule has 0 bridgehead atoms. The predicted octanol–water partition coefficient (Wildman–Crippen LogP) is 26.1. The highest BCUT2D eigenvalue weighted by Gasteiger charge is 2.33. The van der Waals surface area contributed by atoms with Crippen molar-refractivity contribution in [2.45, 2.75) is 114 Å². The molecule has 3 fully saturated rings. The van der Waals surface area contributed by atoms with E-state index in [1.165, 1.54) is 245 Å². The number of aromatic nitrogens is 2. The zero-order chi connectivity index (χ0) is 61.8. The number of hydrogen-bond acceptors (Lipinski definition) is 2. The molecule has 0 amide bonds. The molecule has 0 atom stereocenters. The molecule has 4 heterocycles. The molecule has 3 aliphatic carbocycles. The van der Waals surface area contributed by atoms with Gasteiger partial charge in [0.05, 0.1) is 44.5 Å². The van der Waals surface area contributed by atoms with Gasteiger partial charge >= 0.3 is 0 Å². The van der Waals surface area contributed by atoms with Crippen molar-refractivity contribution in [2.24, 2.45) is 0 Å². The lowest BCUT2D eigenvalue weighted by molar-refractivity contribution is 0.443. The molecule has 4 heteroatoms. The van der Waals surface area contributed by atoms with Crippen molar-refractivity contribution in [1.29, 1.82) is 0 Å². The van der Waals surface area contributed by atoms with Gasteiger partial charge in [0.25, 0.3) is 0 Å². The van der Waals surface area contributed by atoms with Crippen molar-refractivity contribution in [3.63, 3.8) is 0 Å². The van der Waals surface area contributed by atoms with E-state index >= 15 is 0 Å². The highest BCUT2D eigenvalue weighted by molar-refractivity contribution is 6.39. The summed E-state index contributed by atoms with van der Waals surface area (Å²) in [6.07, 6.45) is 19.7. The Labute approximate surface area is 550 Å². The maximum Gasteiger partial charge on any atom is 0.0634 e. The molecule has 0 N–H and O–H groups in total. The minimum Gasteiger partial charge on any atom is -0.310 e. The zero-order valence-electron chi connectivity index (χ0n) is 53.5. The highest BCUT2D eigenvalue weighted by atomic mass is 15.2. The first kappa shape index (κ1) is 55.5. The molecule has 19 rings (SSSR count). The van der Waals surface area contributed by atoms with Crippen LogP contribution in [0.1, 0.15) is 131 Å². The molecule has 0 spiro atoms. The van der Waals surface area contributed by atoms with Crippen LogP contribution in [0.4, 0.5) is 34.1 Å². The van der Waals surface area contributed by atoms with Crippen LogP contribution in [0.2, 0.25) is 0 Å². The van der Waals surface area contributed by atoms with Gasteiger partial charge in [0, 0.05) is 77.0 Å². The van der Waals surface area contributed by atoms with E-state index < -0.39 is 0 Å². The fourth-order valence-corrected chi connectivity index (χ4v) is 18.2. The Bertz CT molecular complexity index is 5370. The predicted molar refractivity (Wildman–Crippen MR) is 399 cm³/mol. The maximum atomic E-state index is 2.69. The summed E-state index contributed by atoms with van der Waals surface area (Å²) >= 11 is 0. The van der Waals surface area contributed by atoms with E-state index in [9.17, 15) is 0 Å². The monoisotopic (exact) mass is 1210 g/mol. The first-order valence-electron chi connectivity index (χ1n) is 35.2. The Kier molecular flexibility index (Phi) is 13.5. The fraction of sp³-hybridized carbons (Fsp3) is 0.200. The summed E-state index contributed by atoms with van der Waals surface area (Å²) in [5.41, 5.74) is 26.3. The van der Waals surface area contributed by atoms with E-state index in [-0.39, 0.29) is 0 Å². The van der Waals surface area contributed by atoms with Crippen LogP contribution in [0.5, 0.6) is 0 Å². The summed E-state index contributed by atoms with van der Waals surface area (Å²) in [7, 11) is 0. The quantitative estimate of drug-likeness (QED) is 0.121. The van der Waals surface area contributed by atoms with Crippen LogP contribution in [0.15, 0.2) is 261 Å². The van der Waals surface area contributed by atoms with E-state index in [2.05, 4.69) is 279 Å². The van der Waals surface area contributed by atoms with Crippen molar-refractivity contribution in [3.8, 4) is 33.4 Å². The molecular weight excluding hydrogens is 1140 g/mol. The van der Waals surface area contributed by atoms with Gasteiger partial charge in [0.2, 0.25) is 0 Å². The zero-order valence-corrected chi connectivity index (χ0v) is 53.5. The number of benzene rings is 12. The summed E-state index contributed by atoms with van der Waals surface area (Å²) in [4.78, 5) is 5.11. The second-order valence-electron chi connectivity index (χ2n) is 27.7. The minimum absolute atomic E-state index is 0.621. The van der Waals surface area contributed by atoms with Crippen LogP contribution in [-0.2, 0) is 0 Å². The van der Waals surface area contributed by atoms with E-state index in [4.69, 9.17) is 0 Å². The molecule has 16 aromatic rings. The van der Waals surface area contributed by atoms with Crippen molar-refractivity contribution in [3.05, 3.63) is 278 Å². The van der Waals surface area contributed by atoms with E-state index in [1.807, 2.05) is 0 Å². The second kappa shape index (κ2) is 22.8. The van der Waals surface area contributed by atoms with Gasteiger partial charge in [0.15, 0.2) is 0 Å². The molecule has 0 saturated heterocycles. The average molecular weight is 1210 g/mol. The van der Waals surface area contributed by atoms with Gasteiger partial charge < -0.3 is 18.6 Å². The van der Waals surface area contributed by atoms with Crippen molar-refractivity contribution >= 4 is 110 Å². The van der Waals surface area contributed by atoms with Crippen molar-refractivity contribution < 1.29 is 0 Å². The van der Waals surface area contributed by atoms with Crippen LogP contribution < -0.4 is 9.80 Å². The lowest BCUT2D eigenvalue weighted by Gasteiger charge is -2.28. The van der Waals surface area contributed by atoms with Gasteiger partial charge in [-0.1, -0.05) is 246 Å². The molecule has 4 nitrogen and oxygen atoms in total. The summed E-state index contributed by atoms with van der Waals surface area (Å²) < 4.78 is 5.37. The molecule has 4 aromatic heterocycles. The van der Waals surface area contributed by atoms with Gasteiger partial charge in [-0.3, -0.25) is 0 Å². The number of fused-ring (bicyclic) bond motifs is 12. The van der Waals surface area contributed by atoms with Crippen LogP contribution >= 0.6 is 0 Å². The van der Waals surface area contributed by atoms with Crippen molar-refractivity contribution in [2.75, 3.05) is 9.80 Å². The summed E-state index contributed by atoms with van der Waals surface area (Å²) in [6, 6.07) is 100. The topological polar surface area (TPSA) is 15.3 Å². The highest BCUT2D eigenvalue weighted by Crippen LogP contribution is 2.57. The maximum absolute atomic E-state index is 2.69. The van der Waals surface area contributed by atoms with Gasteiger partial charge in [0.1, 0.15) is 0 Å². The van der Waals surface area contributed by atoms with Gasteiger partial charge in [-0.2, -0.15) is 0 Å². The van der Waals surface area contributed by atoms with Crippen molar-refractivity contribution in [1.82, 2.24) is 8.80 Å². The number of rotatable bonds is 12. The molecule has 0 unspecified atom stereocenters. The Balaban J connectivity index is 0.881. The van der Waals surface area contributed by atoms with Crippen LogP contribution in [-0.4, -0.2) is 8.80 Å².